The van der Waals surface area contributed by atoms with Gasteiger partial charge in [0.25, 0.3) is 0 Å². The summed E-state index contributed by atoms with van der Waals surface area (Å²) >= 11 is 0. The van der Waals surface area contributed by atoms with Crippen LogP contribution in [0, 0.1) is 34.5 Å². The molecule has 0 aromatic rings. The molecule has 7 atom stereocenters. The van der Waals surface area contributed by atoms with Crippen LogP contribution in [0.4, 0.5) is 0 Å². The van der Waals surface area contributed by atoms with E-state index in [-0.39, 0.29) is 5.41 Å². The van der Waals surface area contributed by atoms with E-state index in [1.54, 1.807) is 0 Å². The highest BCUT2D eigenvalue weighted by Gasteiger charge is 2.60. The zero-order valence-corrected chi connectivity index (χ0v) is 20.2. The first-order valence-electron chi connectivity index (χ1n) is 12.5. The molecule has 160 valence electrons. The molecule has 0 bridgehead atoms. The van der Waals surface area contributed by atoms with Crippen LogP contribution in [0.15, 0.2) is 0 Å². The molecule has 4 aliphatic rings. The summed E-state index contributed by atoms with van der Waals surface area (Å²) in [5, 5.41) is 0. The fourth-order valence-electron chi connectivity index (χ4n) is 8.45. The third-order valence-electron chi connectivity index (χ3n) is 10.7. The standard InChI is InChI=1S/C25H44O2Si/c1-6-28(7-2,8-3)27-19-13-15-24(4)18(17-19)9-10-20-21-11-12-23(26)25(21,5)16-14-22(20)24/h18-22H,6-17H2,1-5H3/t18?,19?,20-,21-,22-,24-,25-/m0/s1. The Morgan fingerprint density at radius 3 is 2.32 bits per heavy atom. The Morgan fingerprint density at radius 2 is 1.64 bits per heavy atom. The number of ketones is 1. The molecule has 4 aliphatic carbocycles. The minimum absolute atomic E-state index is 0.0270. The van der Waals surface area contributed by atoms with Crippen LogP contribution in [0.3, 0.4) is 0 Å². The van der Waals surface area contributed by atoms with E-state index >= 15 is 0 Å². The quantitative estimate of drug-likeness (QED) is 0.462. The molecular formula is C25H44O2Si. The number of carbonyl (C=O) groups is 1. The molecule has 0 amide bonds. The predicted molar refractivity (Wildman–Crippen MR) is 119 cm³/mol. The summed E-state index contributed by atoms with van der Waals surface area (Å²) < 4.78 is 6.95. The van der Waals surface area contributed by atoms with Gasteiger partial charge in [-0.25, -0.2) is 0 Å². The van der Waals surface area contributed by atoms with Crippen molar-refractivity contribution >= 4 is 14.1 Å². The Bertz CT molecular complexity index is 591. The van der Waals surface area contributed by atoms with Crippen molar-refractivity contribution in [3.8, 4) is 0 Å². The van der Waals surface area contributed by atoms with Crippen molar-refractivity contribution in [1.82, 2.24) is 0 Å². The molecule has 0 aliphatic heterocycles. The summed E-state index contributed by atoms with van der Waals surface area (Å²) in [4.78, 5) is 12.6. The molecule has 3 heteroatoms. The number of hydrogen-bond acceptors (Lipinski definition) is 2. The maximum absolute atomic E-state index is 12.6. The van der Waals surface area contributed by atoms with Gasteiger partial charge in [-0.1, -0.05) is 34.6 Å². The van der Waals surface area contributed by atoms with Crippen molar-refractivity contribution in [1.29, 1.82) is 0 Å². The summed E-state index contributed by atoms with van der Waals surface area (Å²) in [6.07, 6.45) is 11.8. The Balaban J connectivity index is 1.48. The second kappa shape index (κ2) is 7.52. The summed E-state index contributed by atoms with van der Waals surface area (Å²) in [5.41, 5.74) is 0.532. The average molecular weight is 405 g/mol. The van der Waals surface area contributed by atoms with Crippen LogP contribution < -0.4 is 0 Å². The third kappa shape index (κ3) is 3.09. The molecule has 0 N–H and O–H groups in total. The normalized spacial score (nSPS) is 46.0. The van der Waals surface area contributed by atoms with Crippen molar-refractivity contribution in [2.24, 2.45) is 34.5 Å². The zero-order valence-electron chi connectivity index (χ0n) is 19.2. The monoisotopic (exact) mass is 404 g/mol. The van der Waals surface area contributed by atoms with E-state index in [1.165, 1.54) is 63.1 Å². The SMILES string of the molecule is CC[Si](CC)(CC)OC1CC[C@@]2(C)C(CC[C@@H]3[C@@H]2CC[C@]2(C)C(=O)CC[C@@H]32)C1. The maximum atomic E-state index is 12.6. The van der Waals surface area contributed by atoms with Crippen LogP contribution in [0.5, 0.6) is 0 Å². The van der Waals surface area contributed by atoms with Crippen molar-refractivity contribution in [3.05, 3.63) is 0 Å². The van der Waals surface area contributed by atoms with Crippen molar-refractivity contribution in [2.45, 2.75) is 117 Å². The average Bonchev–Trinajstić information content (AvgIpc) is 3.01. The van der Waals surface area contributed by atoms with Gasteiger partial charge in [-0.05, 0) is 98.6 Å². The van der Waals surface area contributed by atoms with Crippen molar-refractivity contribution in [3.63, 3.8) is 0 Å². The van der Waals surface area contributed by atoms with Gasteiger partial charge in [0, 0.05) is 17.9 Å². The highest BCUT2D eigenvalue weighted by atomic mass is 28.4. The van der Waals surface area contributed by atoms with E-state index in [2.05, 4.69) is 34.6 Å². The molecule has 0 spiro atoms. The molecule has 0 aromatic heterocycles. The topological polar surface area (TPSA) is 26.3 Å². The lowest BCUT2D eigenvalue weighted by Crippen LogP contribution is -2.55. The second-order valence-electron chi connectivity index (χ2n) is 11.3. The Hall–Kier alpha value is -0.153. The fraction of sp³-hybridized carbons (Fsp3) is 0.960. The van der Waals surface area contributed by atoms with E-state index in [4.69, 9.17) is 4.43 Å². The number of carbonyl (C=O) groups excluding carboxylic acids is 1. The lowest BCUT2D eigenvalue weighted by molar-refractivity contribution is -0.141. The molecule has 4 rings (SSSR count). The second-order valence-corrected chi connectivity index (χ2v) is 16.1. The highest BCUT2D eigenvalue weighted by Crippen LogP contribution is 2.65. The van der Waals surface area contributed by atoms with Crippen molar-refractivity contribution in [2.75, 3.05) is 0 Å². The van der Waals surface area contributed by atoms with Crippen LogP contribution in [0.25, 0.3) is 0 Å². The summed E-state index contributed by atoms with van der Waals surface area (Å²) in [6, 6.07) is 3.83. The molecule has 4 fully saturated rings. The van der Waals surface area contributed by atoms with E-state index in [0.717, 1.165) is 30.6 Å². The number of Topliss-reactive ketones (excluding diaryl/α,β-unsaturated/α-hetero) is 1. The first kappa shape index (κ1) is 21.1. The van der Waals surface area contributed by atoms with Gasteiger partial charge in [0.15, 0.2) is 8.32 Å². The van der Waals surface area contributed by atoms with E-state index < -0.39 is 8.32 Å². The van der Waals surface area contributed by atoms with E-state index in [1.807, 2.05) is 0 Å². The van der Waals surface area contributed by atoms with Crippen LogP contribution in [-0.4, -0.2) is 20.2 Å². The van der Waals surface area contributed by atoms with Gasteiger partial charge in [0.2, 0.25) is 0 Å². The van der Waals surface area contributed by atoms with Gasteiger partial charge < -0.3 is 4.43 Å². The van der Waals surface area contributed by atoms with Crippen LogP contribution in [-0.2, 0) is 9.22 Å². The fourth-order valence-corrected chi connectivity index (χ4v) is 11.4. The van der Waals surface area contributed by atoms with Gasteiger partial charge in [-0.3, -0.25) is 4.79 Å². The van der Waals surface area contributed by atoms with Crippen LogP contribution in [0.2, 0.25) is 18.1 Å². The third-order valence-corrected chi connectivity index (χ3v) is 15.4. The zero-order chi connectivity index (χ0) is 20.2. The lowest BCUT2D eigenvalue weighted by atomic mass is 9.45. The number of fused-ring (bicyclic) bond motifs is 5. The molecule has 0 radical (unpaired) electrons. The lowest BCUT2D eigenvalue weighted by Gasteiger charge is -2.60. The predicted octanol–water partition coefficient (Wildman–Crippen LogP) is 6.99. The van der Waals surface area contributed by atoms with Gasteiger partial charge in [0.1, 0.15) is 5.78 Å². The molecule has 2 nitrogen and oxygen atoms in total. The van der Waals surface area contributed by atoms with Gasteiger partial charge >= 0.3 is 0 Å². The summed E-state index contributed by atoms with van der Waals surface area (Å²) in [7, 11) is -1.49. The molecule has 2 unspecified atom stereocenters. The minimum atomic E-state index is -1.49. The molecule has 28 heavy (non-hydrogen) atoms. The molecule has 0 aromatic carbocycles. The highest BCUT2D eigenvalue weighted by molar-refractivity contribution is 6.73. The smallest absolute Gasteiger partial charge is 0.192 e. The summed E-state index contributed by atoms with van der Waals surface area (Å²) in [5.74, 6) is 3.80. The molecule has 4 saturated carbocycles. The Morgan fingerprint density at radius 1 is 0.929 bits per heavy atom. The Labute approximate surface area is 174 Å². The van der Waals surface area contributed by atoms with Crippen LogP contribution in [0.1, 0.15) is 92.4 Å². The minimum Gasteiger partial charge on any atom is -0.414 e. The first-order valence-corrected chi connectivity index (χ1v) is 15.1. The molecule has 0 saturated heterocycles. The Kier molecular flexibility index (Phi) is 5.66. The first-order chi connectivity index (χ1) is 13.3. The van der Waals surface area contributed by atoms with Gasteiger partial charge in [-0.2, -0.15) is 0 Å². The molecule has 0 heterocycles. The number of hydrogen-bond donors (Lipinski definition) is 0. The number of rotatable bonds is 5. The van der Waals surface area contributed by atoms with Crippen molar-refractivity contribution < 1.29 is 9.22 Å². The van der Waals surface area contributed by atoms with Crippen LogP contribution >= 0.6 is 0 Å². The van der Waals surface area contributed by atoms with E-state index in [9.17, 15) is 4.79 Å². The maximum Gasteiger partial charge on any atom is 0.192 e. The van der Waals surface area contributed by atoms with Gasteiger partial charge in [0.05, 0.1) is 0 Å². The largest absolute Gasteiger partial charge is 0.414 e. The van der Waals surface area contributed by atoms with E-state index in [0.29, 0.717) is 23.2 Å². The van der Waals surface area contributed by atoms with Gasteiger partial charge in [-0.15, -0.1) is 0 Å². The summed E-state index contributed by atoms with van der Waals surface area (Å²) in [6.45, 7) is 12.0. The molecular weight excluding hydrogens is 360 g/mol.